The largest absolute Gasteiger partial charge is 0.356 e. The molecule has 0 aliphatic rings. The number of benzene rings is 1. The molecule has 90 valence electrons. The van der Waals surface area contributed by atoms with Crippen LogP contribution in [0.5, 0.6) is 0 Å². The van der Waals surface area contributed by atoms with Crippen molar-refractivity contribution in [1.82, 2.24) is 14.9 Å². The molecule has 4 heteroatoms. The number of amides is 1. The van der Waals surface area contributed by atoms with Crippen LogP contribution in [0.25, 0.3) is 11.0 Å². The number of fused-ring (bicyclic) bond motifs is 1. The normalized spacial score (nSPS) is 10.7. The van der Waals surface area contributed by atoms with Gasteiger partial charge in [-0.2, -0.15) is 0 Å². The number of aryl methyl sites for hydroxylation is 1. The zero-order valence-electron chi connectivity index (χ0n) is 10.2. The van der Waals surface area contributed by atoms with Crippen molar-refractivity contribution in [3.05, 3.63) is 30.1 Å². The molecule has 1 aromatic heterocycles. The third kappa shape index (κ3) is 2.46. The van der Waals surface area contributed by atoms with Gasteiger partial charge in [-0.15, -0.1) is 0 Å². The van der Waals surface area contributed by atoms with Crippen LogP contribution in [0, 0.1) is 0 Å². The molecule has 1 heterocycles. The smallest absolute Gasteiger partial charge is 0.216 e. The van der Waals surface area contributed by atoms with E-state index in [0.29, 0.717) is 6.54 Å². The Bertz CT molecular complexity index is 530. The molecule has 0 unspecified atom stereocenters. The minimum atomic E-state index is 0.00385. The van der Waals surface area contributed by atoms with Crippen LogP contribution in [0.2, 0.25) is 0 Å². The number of hydrogen-bond donors (Lipinski definition) is 1. The fraction of sp³-hybridized carbons (Fsp3) is 0.385. The van der Waals surface area contributed by atoms with Crippen molar-refractivity contribution in [3.63, 3.8) is 0 Å². The summed E-state index contributed by atoms with van der Waals surface area (Å²) in [7, 11) is 0. The van der Waals surface area contributed by atoms with Crippen LogP contribution in [0.1, 0.15) is 19.7 Å². The van der Waals surface area contributed by atoms with Crippen molar-refractivity contribution in [2.24, 2.45) is 0 Å². The van der Waals surface area contributed by atoms with Gasteiger partial charge in [-0.05, 0) is 19.1 Å². The van der Waals surface area contributed by atoms with Gasteiger partial charge in [-0.1, -0.05) is 12.1 Å². The minimum absolute atomic E-state index is 0.00385. The lowest BCUT2D eigenvalue weighted by Crippen LogP contribution is -2.23. The maximum atomic E-state index is 10.8. The second-order valence-electron chi connectivity index (χ2n) is 3.99. The van der Waals surface area contributed by atoms with E-state index in [2.05, 4.69) is 27.9 Å². The molecule has 0 bridgehead atoms. The first kappa shape index (κ1) is 11.6. The number of imidazole rings is 1. The highest BCUT2D eigenvalue weighted by Crippen LogP contribution is 2.15. The zero-order chi connectivity index (χ0) is 12.3. The molecule has 0 saturated heterocycles. The Labute approximate surface area is 101 Å². The highest BCUT2D eigenvalue weighted by Gasteiger charge is 2.08. The molecule has 2 aromatic rings. The van der Waals surface area contributed by atoms with E-state index >= 15 is 0 Å². The number of nitrogens with zero attached hydrogens (tertiary/aromatic N) is 2. The predicted octanol–water partition coefficient (Wildman–Crippen LogP) is 1.73. The Balaban J connectivity index is 2.24. The Hall–Kier alpha value is -1.84. The van der Waals surface area contributed by atoms with E-state index in [-0.39, 0.29) is 5.91 Å². The van der Waals surface area contributed by atoms with Gasteiger partial charge in [-0.3, -0.25) is 4.79 Å². The Morgan fingerprint density at radius 1 is 1.41 bits per heavy atom. The van der Waals surface area contributed by atoms with Crippen LogP contribution in [0.15, 0.2) is 24.3 Å². The molecule has 1 N–H and O–H groups in total. The van der Waals surface area contributed by atoms with Crippen molar-refractivity contribution in [2.45, 2.75) is 26.8 Å². The summed E-state index contributed by atoms with van der Waals surface area (Å²) in [4.78, 5) is 15.4. The van der Waals surface area contributed by atoms with Gasteiger partial charge in [0.1, 0.15) is 5.82 Å². The molecule has 0 aliphatic heterocycles. The second-order valence-corrected chi connectivity index (χ2v) is 3.99. The standard InChI is InChI=1S/C13H17N3O/c1-3-16-12-7-5-4-6-11(12)15-13(16)8-9-14-10(2)17/h4-7H,3,8-9H2,1-2H3,(H,14,17). The topological polar surface area (TPSA) is 46.9 Å². The molecule has 0 atom stereocenters. The molecule has 0 radical (unpaired) electrons. The number of hydrogen-bond acceptors (Lipinski definition) is 2. The summed E-state index contributed by atoms with van der Waals surface area (Å²) in [5.74, 6) is 1.03. The van der Waals surface area contributed by atoms with Crippen molar-refractivity contribution < 1.29 is 4.79 Å². The Morgan fingerprint density at radius 2 is 2.18 bits per heavy atom. The van der Waals surface area contributed by atoms with Gasteiger partial charge >= 0.3 is 0 Å². The van der Waals surface area contributed by atoms with Gasteiger partial charge in [-0.25, -0.2) is 4.98 Å². The van der Waals surface area contributed by atoms with E-state index in [9.17, 15) is 4.79 Å². The van der Waals surface area contributed by atoms with Gasteiger partial charge in [0.05, 0.1) is 11.0 Å². The monoisotopic (exact) mass is 231 g/mol. The average Bonchev–Trinajstić information content (AvgIpc) is 2.66. The maximum absolute atomic E-state index is 10.8. The molecule has 0 spiro atoms. The van der Waals surface area contributed by atoms with Crippen LogP contribution < -0.4 is 5.32 Å². The number of aromatic nitrogens is 2. The highest BCUT2D eigenvalue weighted by molar-refractivity contribution is 5.76. The molecule has 1 aromatic carbocycles. The summed E-state index contributed by atoms with van der Waals surface area (Å²) in [6.45, 7) is 5.17. The average molecular weight is 231 g/mol. The maximum Gasteiger partial charge on any atom is 0.216 e. The first-order valence-corrected chi connectivity index (χ1v) is 5.91. The van der Waals surface area contributed by atoms with Gasteiger partial charge in [0.15, 0.2) is 0 Å². The molecule has 4 nitrogen and oxygen atoms in total. The number of nitrogens with one attached hydrogen (secondary N) is 1. The molecule has 0 aliphatic carbocycles. The van der Waals surface area contributed by atoms with Crippen molar-refractivity contribution in [1.29, 1.82) is 0 Å². The molecule has 2 rings (SSSR count). The molecule has 1 amide bonds. The van der Waals surface area contributed by atoms with Crippen LogP contribution >= 0.6 is 0 Å². The van der Waals surface area contributed by atoms with Crippen molar-refractivity contribution in [2.75, 3.05) is 6.54 Å². The Morgan fingerprint density at radius 3 is 2.88 bits per heavy atom. The summed E-state index contributed by atoms with van der Waals surface area (Å²) >= 11 is 0. The van der Waals surface area contributed by atoms with Gasteiger partial charge in [0, 0.05) is 26.4 Å². The third-order valence-corrected chi connectivity index (χ3v) is 2.77. The quantitative estimate of drug-likeness (QED) is 0.871. The highest BCUT2D eigenvalue weighted by atomic mass is 16.1. The lowest BCUT2D eigenvalue weighted by Gasteiger charge is -2.06. The predicted molar refractivity (Wildman–Crippen MR) is 67.8 cm³/mol. The van der Waals surface area contributed by atoms with Gasteiger partial charge in [0.25, 0.3) is 0 Å². The van der Waals surface area contributed by atoms with Crippen molar-refractivity contribution in [3.8, 4) is 0 Å². The molecular weight excluding hydrogens is 214 g/mol. The van der Waals surface area contributed by atoms with Crippen LogP contribution in [-0.4, -0.2) is 22.0 Å². The van der Waals surface area contributed by atoms with E-state index in [0.717, 1.165) is 29.8 Å². The van der Waals surface area contributed by atoms with E-state index in [1.54, 1.807) is 0 Å². The molecule has 0 saturated carbocycles. The molecular formula is C13H17N3O. The number of para-hydroxylation sites is 2. The summed E-state index contributed by atoms with van der Waals surface area (Å²) < 4.78 is 2.19. The number of rotatable bonds is 4. The fourth-order valence-electron chi connectivity index (χ4n) is 2.02. The van der Waals surface area contributed by atoms with Crippen molar-refractivity contribution >= 4 is 16.9 Å². The minimum Gasteiger partial charge on any atom is -0.356 e. The lowest BCUT2D eigenvalue weighted by atomic mass is 10.3. The van der Waals surface area contributed by atoms with E-state index in [1.165, 1.54) is 6.92 Å². The van der Waals surface area contributed by atoms with E-state index in [1.807, 2.05) is 18.2 Å². The summed E-state index contributed by atoms with van der Waals surface area (Å²) in [5, 5.41) is 2.80. The number of carbonyl (C=O) groups excluding carboxylic acids is 1. The second kappa shape index (κ2) is 4.99. The molecule has 17 heavy (non-hydrogen) atoms. The third-order valence-electron chi connectivity index (χ3n) is 2.77. The van der Waals surface area contributed by atoms with Crippen LogP contribution in [0.4, 0.5) is 0 Å². The van der Waals surface area contributed by atoms with E-state index in [4.69, 9.17) is 0 Å². The first-order valence-electron chi connectivity index (χ1n) is 5.91. The fourth-order valence-corrected chi connectivity index (χ4v) is 2.02. The number of carbonyl (C=O) groups is 1. The first-order chi connectivity index (χ1) is 8.22. The van der Waals surface area contributed by atoms with Crippen LogP contribution in [-0.2, 0) is 17.8 Å². The summed E-state index contributed by atoms with van der Waals surface area (Å²) in [6, 6.07) is 8.11. The molecule has 0 fully saturated rings. The lowest BCUT2D eigenvalue weighted by molar-refractivity contribution is -0.118. The van der Waals surface area contributed by atoms with Gasteiger partial charge < -0.3 is 9.88 Å². The van der Waals surface area contributed by atoms with Crippen LogP contribution in [0.3, 0.4) is 0 Å². The Kier molecular flexibility index (Phi) is 3.42. The zero-order valence-corrected chi connectivity index (χ0v) is 10.2. The van der Waals surface area contributed by atoms with Gasteiger partial charge in [0.2, 0.25) is 5.91 Å². The SMILES string of the molecule is CCn1c(CCNC(C)=O)nc2ccccc21. The summed E-state index contributed by atoms with van der Waals surface area (Å²) in [5.41, 5.74) is 2.18. The summed E-state index contributed by atoms with van der Waals surface area (Å²) in [6.07, 6.45) is 0.766. The van der Waals surface area contributed by atoms with E-state index < -0.39 is 0 Å².